The third kappa shape index (κ3) is 79.6. The summed E-state index contributed by atoms with van der Waals surface area (Å²) in [5.41, 5.74) is -3.59. The lowest BCUT2D eigenvalue weighted by Crippen LogP contribution is -2.31. The van der Waals surface area contributed by atoms with E-state index in [4.69, 9.17) is 56.2 Å². The number of ether oxygens (including phenoxy) is 1. The van der Waals surface area contributed by atoms with E-state index in [0.29, 0.717) is 57.8 Å². The fraction of sp³-hybridized carbons (Fsp3) is 0.784. The highest BCUT2D eigenvalue weighted by molar-refractivity contribution is 5.90. The Bertz CT molecular complexity index is 3680. The molecule has 2 rings (SSSR count). The number of carboxylic acid groups (broad SMARTS) is 11. The van der Waals surface area contributed by atoms with Gasteiger partial charge in [-0.2, -0.15) is 0 Å². The molecule has 790 valence electrons. The van der Waals surface area contributed by atoms with Crippen molar-refractivity contribution >= 4 is 129 Å². The maximum Gasteiger partial charge on any atom is 0.329 e. The third-order valence-electron chi connectivity index (χ3n) is 22.6. The molecule has 0 aromatic rings. The largest absolute Gasteiger partial charge is 0.481 e. The first-order valence-corrected chi connectivity index (χ1v) is 47.4. The first-order chi connectivity index (χ1) is 61.6. The van der Waals surface area contributed by atoms with Crippen LogP contribution in [-0.4, -0.2) is 199 Å². The smallest absolute Gasteiger partial charge is 0.329 e. The zero-order chi connectivity index (χ0) is 109. The SMILES string of the molecule is CC(C)C(=O)CC(C)(C)C(=O)O.CC(C)C(=O)CC(C)(C)CC(=O)O.CC(C)C(=O)CC(C)C(=O)O.CC(C)C(=O)CC1(C(=O)O)CCCC1.CC(C)C(=O)CC1(CC(=O)O)CCCC1.CC(C)C(=O)CCC(=O)O.CC(C)C(=O)CCCC(=O)O.CC(C)C(=O)COCC(=O)O.CC(CC(=O)O)CC(=O)C(C)C.CCC(C)(CC(=O)C(C)C)C(=O)O.CCC(C)(CC(=O)O)CC(=O)C(C)C. The van der Waals surface area contributed by atoms with Crippen LogP contribution in [0.5, 0.6) is 0 Å². The molecule has 2 aliphatic carbocycles. The number of carbonyl (C=O) groups is 22. The zero-order valence-electron chi connectivity index (χ0n) is 88.3. The molecule has 4 atom stereocenters. The fourth-order valence-corrected chi connectivity index (χ4v) is 11.8. The number of aliphatic carboxylic acids is 11. The van der Waals surface area contributed by atoms with E-state index >= 15 is 0 Å². The number of hydrogen-bond donors (Lipinski definition) is 11. The van der Waals surface area contributed by atoms with Crippen molar-refractivity contribution < 1.29 is 166 Å². The van der Waals surface area contributed by atoms with Gasteiger partial charge in [0.1, 0.15) is 71.0 Å². The monoisotopic (exact) mass is 1950 g/mol. The van der Waals surface area contributed by atoms with E-state index in [1.165, 1.54) is 0 Å². The van der Waals surface area contributed by atoms with Crippen LogP contribution in [0.25, 0.3) is 0 Å². The Kier molecular flexibility index (Phi) is 79.1. The third-order valence-corrected chi connectivity index (χ3v) is 22.6. The lowest BCUT2D eigenvalue weighted by atomic mass is 9.76. The molecule has 11 N–H and O–H groups in total. The minimum Gasteiger partial charge on any atom is -0.481 e. The van der Waals surface area contributed by atoms with Gasteiger partial charge < -0.3 is 60.9 Å². The van der Waals surface area contributed by atoms with Crippen LogP contribution in [0.2, 0.25) is 0 Å². The van der Waals surface area contributed by atoms with Gasteiger partial charge in [0.2, 0.25) is 0 Å². The second kappa shape index (κ2) is 74.6. The standard InChI is InChI=1S/C12H20O3.C11H18O3.C11H20O3.2C10H18O3.2C9H16O3.2C8H14O3.C7H12O4.C7H12O3/c1-9(2)10(13)7-12(8-11(14)15)5-3-4-6-12;1-8(2)9(12)7-11(10(13)14)5-3-4-6-11;1-5-11(4,7-10(13)14)6-9(12)8(2)3;1-7(2)8(11)5-10(3,4)6-9(12)13;1-5-10(4,9(12)13)6-8(11)7(2)3;1-6(2)7(10)5-9(3,4)8(11)12;1-6(2)8(10)4-7(3)5-9(11)12;1-5(2)7(9)4-6(3)8(10)11;1-6(2)7(9)4-3-5-8(10)11;1-5(2)6(8)3-11-4-7(9)10;1-5(2)6(8)3-4-7(9)10/h9H,3-8H2,1-2H3,(H,14,15);8H,3-7H2,1-2H3,(H,13,14);8H,5-7H2,1-4H3,(H,13,14);2*7H,5-6H2,1-4H3,(H,12,13);6H,5H2,1-4H3,(H,11,12);6-7H,4-5H2,1-3H3,(H,11,12);5-6H,4H2,1-3H3,(H,10,11);6H,3-5H2,1-2H3,(H,10,11);5H,3-4H2,1-2H3,(H,9,10);5H,3-4H2,1-2H3,(H,9,10). The molecule has 2 aliphatic rings. The lowest BCUT2D eigenvalue weighted by Gasteiger charge is -2.27. The van der Waals surface area contributed by atoms with Crippen LogP contribution in [0.3, 0.4) is 0 Å². The van der Waals surface area contributed by atoms with Gasteiger partial charge in [0, 0.05) is 142 Å². The van der Waals surface area contributed by atoms with Crippen molar-refractivity contribution in [2.45, 2.75) is 395 Å². The van der Waals surface area contributed by atoms with Gasteiger partial charge in [0.05, 0.1) is 47.8 Å². The average Bonchev–Trinajstić information content (AvgIpc) is 1.67. The summed E-state index contributed by atoms with van der Waals surface area (Å²) in [5, 5.41) is 94.4. The van der Waals surface area contributed by atoms with Gasteiger partial charge in [0.25, 0.3) is 0 Å². The Morgan fingerprint density at radius 3 is 0.956 bits per heavy atom. The maximum atomic E-state index is 11.7. The molecule has 2 saturated carbocycles. The van der Waals surface area contributed by atoms with Crippen molar-refractivity contribution in [1.82, 2.24) is 0 Å². The molecular weight excluding hydrogens is 1770 g/mol. The minimum absolute atomic E-state index is 0.00222. The van der Waals surface area contributed by atoms with Crippen molar-refractivity contribution in [3.05, 3.63) is 0 Å². The first-order valence-electron chi connectivity index (χ1n) is 47.4. The molecule has 0 saturated heterocycles. The molecule has 2 fully saturated rings. The molecule has 0 aliphatic heterocycles. The number of carbonyl (C=O) groups excluding carboxylic acids is 11. The van der Waals surface area contributed by atoms with Gasteiger partial charge in [0.15, 0.2) is 5.78 Å². The lowest BCUT2D eigenvalue weighted by molar-refractivity contribution is -0.151. The maximum absolute atomic E-state index is 11.7. The van der Waals surface area contributed by atoms with Crippen molar-refractivity contribution in [3.63, 3.8) is 0 Å². The molecular formula is C102H178O34. The molecule has 4 unspecified atom stereocenters. The Hall–Kier alpha value is -9.50. The van der Waals surface area contributed by atoms with Crippen LogP contribution in [0.15, 0.2) is 0 Å². The molecule has 136 heavy (non-hydrogen) atoms. The average molecular weight is 1950 g/mol. The van der Waals surface area contributed by atoms with Gasteiger partial charge in [-0.3, -0.25) is 101 Å². The van der Waals surface area contributed by atoms with Crippen LogP contribution in [0.1, 0.15) is 395 Å². The van der Waals surface area contributed by atoms with Crippen molar-refractivity contribution in [2.75, 3.05) is 13.2 Å². The topological polar surface area (TPSA) is 607 Å². The van der Waals surface area contributed by atoms with E-state index < -0.39 is 99.8 Å². The minimum atomic E-state index is -1.05. The summed E-state index contributed by atoms with van der Waals surface area (Å²) in [6.45, 7) is 56.6. The Balaban J connectivity index is -0.000000187. The van der Waals surface area contributed by atoms with Gasteiger partial charge >= 0.3 is 65.7 Å². The van der Waals surface area contributed by atoms with Crippen LogP contribution in [0.4, 0.5) is 0 Å². The molecule has 0 radical (unpaired) electrons. The number of rotatable bonds is 52. The predicted octanol–water partition coefficient (Wildman–Crippen LogP) is 19.2. The summed E-state index contributed by atoms with van der Waals surface area (Å²) in [6, 6.07) is 0. The van der Waals surface area contributed by atoms with Crippen LogP contribution < -0.4 is 0 Å². The van der Waals surface area contributed by atoms with Gasteiger partial charge in [-0.15, -0.1) is 0 Å². The Morgan fingerprint density at radius 2 is 0.640 bits per heavy atom. The normalized spacial score (nSPS) is 14.0. The predicted molar refractivity (Wildman–Crippen MR) is 516 cm³/mol. The van der Waals surface area contributed by atoms with Gasteiger partial charge in [-0.25, -0.2) is 4.79 Å². The van der Waals surface area contributed by atoms with E-state index in [0.717, 1.165) is 44.9 Å². The van der Waals surface area contributed by atoms with Crippen LogP contribution in [-0.2, 0) is 110 Å². The van der Waals surface area contributed by atoms with Gasteiger partial charge in [-0.1, -0.05) is 226 Å². The highest BCUT2D eigenvalue weighted by Crippen LogP contribution is 2.45. The second-order valence-corrected chi connectivity index (χ2v) is 41.2. The molecule has 34 nitrogen and oxygen atoms in total. The van der Waals surface area contributed by atoms with E-state index in [1.807, 2.05) is 96.9 Å². The van der Waals surface area contributed by atoms with E-state index in [-0.39, 0.29) is 223 Å². The van der Waals surface area contributed by atoms with E-state index in [9.17, 15) is 105 Å². The second-order valence-electron chi connectivity index (χ2n) is 41.2. The van der Waals surface area contributed by atoms with Crippen LogP contribution in [0, 0.1) is 109 Å². The summed E-state index contributed by atoms with van der Waals surface area (Å²) >= 11 is 0. The molecule has 0 heterocycles. The molecule has 0 bridgehead atoms. The quantitative estimate of drug-likeness (QED) is 0.0269. The number of ketones is 11. The molecule has 0 spiro atoms. The molecule has 0 aromatic heterocycles. The van der Waals surface area contributed by atoms with E-state index in [2.05, 4.69) is 4.74 Å². The highest BCUT2D eigenvalue weighted by atomic mass is 16.5. The molecule has 34 heteroatoms. The summed E-state index contributed by atoms with van der Waals surface area (Å²) < 4.78 is 4.57. The van der Waals surface area contributed by atoms with E-state index in [1.54, 1.807) is 125 Å². The summed E-state index contributed by atoms with van der Waals surface area (Å²) in [5.74, 6) is -9.68. The molecule has 0 aromatic carbocycles. The summed E-state index contributed by atoms with van der Waals surface area (Å²) in [7, 11) is 0. The Morgan fingerprint density at radius 1 is 0.287 bits per heavy atom. The Labute approximate surface area is 809 Å². The van der Waals surface area contributed by atoms with Crippen molar-refractivity contribution in [3.8, 4) is 0 Å². The fourth-order valence-electron chi connectivity index (χ4n) is 11.8. The highest BCUT2D eigenvalue weighted by Gasteiger charge is 2.44. The van der Waals surface area contributed by atoms with Crippen molar-refractivity contribution in [2.24, 2.45) is 109 Å². The first kappa shape index (κ1) is 144. The van der Waals surface area contributed by atoms with Crippen LogP contribution >= 0.6 is 0 Å². The number of hydrogen-bond acceptors (Lipinski definition) is 23. The number of Topliss-reactive ketones (excluding diaryl/α,β-unsaturated/α-hetero) is 11. The number of carboxylic acids is 11. The molecule has 0 amide bonds. The zero-order valence-corrected chi connectivity index (χ0v) is 88.3. The van der Waals surface area contributed by atoms with Crippen molar-refractivity contribution in [1.29, 1.82) is 0 Å². The summed E-state index contributed by atoms with van der Waals surface area (Å²) in [4.78, 5) is 238. The van der Waals surface area contributed by atoms with Gasteiger partial charge in [-0.05, 0) is 87.9 Å². The summed E-state index contributed by atoms with van der Waals surface area (Å²) in [6.07, 6.45) is 12.0.